The topological polar surface area (TPSA) is 21.3 Å². The van der Waals surface area contributed by atoms with Crippen LogP contribution < -0.4 is 5.32 Å². The highest BCUT2D eigenvalue weighted by Crippen LogP contribution is 2.26. The zero-order chi connectivity index (χ0) is 15.1. The van der Waals surface area contributed by atoms with E-state index in [4.69, 9.17) is 4.74 Å². The van der Waals surface area contributed by atoms with Crippen molar-refractivity contribution in [3.05, 3.63) is 29.8 Å². The molecule has 1 N–H and O–H groups in total. The fourth-order valence-electron chi connectivity index (χ4n) is 2.70. The maximum Gasteiger partial charge on any atom is 0.0510 e. The summed E-state index contributed by atoms with van der Waals surface area (Å²) in [5.41, 5.74) is 1.42. The van der Waals surface area contributed by atoms with Gasteiger partial charge in [-0.25, -0.2) is 0 Å². The Morgan fingerprint density at radius 2 is 2.05 bits per heavy atom. The molecule has 0 spiro atoms. The van der Waals surface area contributed by atoms with Crippen LogP contribution in [0, 0.1) is 5.92 Å². The smallest absolute Gasteiger partial charge is 0.0510 e. The minimum atomic E-state index is 0.572. The van der Waals surface area contributed by atoms with Gasteiger partial charge in [0.2, 0.25) is 0 Å². The second kappa shape index (κ2) is 8.82. The number of thioether (sulfide) groups is 1. The minimum absolute atomic E-state index is 0.572. The van der Waals surface area contributed by atoms with E-state index in [0.717, 1.165) is 25.5 Å². The number of nitrogens with one attached hydrogen (secondary N) is 1. The molecule has 2 atom stereocenters. The molecule has 1 fully saturated rings. The summed E-state index contributed by atoms with van der Waals surface area (Å²) in [5, 5.41) is 3.71. The van der Waals surface area contributed by atoms with Gasteiger partial charge in [0.1, 0.15) is 0 Å². The molecular weight excluding hydrogens is 278 g/mol. The molecule has 21 heavy (non-hydrogen) atoms. The first-order valence-electron chi connectivity index (χ1n) is 8.24. The van der Waals surface area contributed by atoms with E-state index in [-0.39, 0.29) is 0 Å². The molecule has 1 heterocycles. The highest BCUT2D eigenvalue weighted by molar-refractivity contribution is 7.99. The first kappa shape index (κ1) is 16.9. The normalized spacial score (nSPS) is 20.1. The second-order valence-electron chi connectivity index (χ2n) is 6.22. The number of hydrogen-bond donors (Lipinski definition) is 1. The molecule has 0 radical (unpaired) electrons. The van der Waals surface area contributed by atoms with Gasteiger partial charge in [-0.3, -0.25) is 0 Å². The highest BCUT2D eigenvalue weighted by Gasteiger charge is 2.25. The zero-order valence-corrected chi connectivity index (χ0v) is 14.4. The van der Waals surface area contributed by atoms with Gasteiger partial charge in [0.25, 0.3) is 0 Å². The van der Waals surface area contributed by atoms with E-state index in [1.807, 2.05) is 11.8 Å². The summed E-state index contributed by atoms with van der Waals surface area (Å²) in [5.74, 6) is 2.42. The maximum absolute atomic E-state index is 5.56. The lowest BCUT2D eigenvalue weighted by Gasteiger charge is -2.23. The van der Waals surface area contributed by atoms with E-state index >= 15 is 0 Å². The summed E-state index contributed by atoms with van der Waals surface area (Å²) in [6, 6.07) is 9.63. The fraction of sp³-hybridized carbons (Fsp3) is 0.667. The first-order valence-corrected chi connectivity index (χ1v) is 9.23. The van der Waals surface area contributed by atoms with Crippen molar-refractivity contribution in [2.75, 3.05) is 25.5 Å². The largest absolute Gasteiger partial charge is 0.381 e. The van der Waals surface area contributed by atoms with E-state index in [1.165, 1.54) is 23.3 Å². The zero-order valence-electron chi connectivity index (χ0n) is 13.6. The molecule has 2 unspecified atom stereocenters. The monoisotopic (exact) mass is 307 g/mol. The van der Waals surface area contributed by atoms with Crippen LogP contribution in [-0.2, 0) is 4.74 Å². The van der Waals surface area contributed by atoms with Crippen LogP contribution in [-0.4, -0.2) is 31.6 Å². The molecule has 118 valence electrons. The molecule has 2 rings (SSSR count). The van der Waals surface area contributed by atoms with Crippen LogP contribution in [0.1, 0.15) is 45.1 Å². The van der Waals surface area contributed by atoms with E-state index in [2.05, 4.69) is 50.4 Å². The van der Waals surface area contributed by atoms with E-state index in [1.54, 1.807) is 0 Å². The molecule has 1 aromatic rings. The molecule has 2 nitrogen and oxygen atoms in total. The van der Waals surface area contributed by atoms with Gasteiger partial charge >= 0.3 is 0 Å². The molecule has 0 bridgehead atoms. The lowest BCUT2D eigenvalue weighted by atomic mass is 10.0. The first-order chi connectivity index (χ1) is 10.2. The Morgan fingerprint density at radius 1 is 1.29 bits per heavy atom. The molecule has 1 saturated heterocycles. The predicted octanol–water partition coefficient (Wildman–Crippen LogP) is 4.31. The van der Waals surface area contributed by atoms with Crippen LogP contribution in [0.15, 0.2) is 29.2 Å². The van der Waals surface area contributed by atoms with Gasteiger partial charge in [-0.05, 0) is 43.0 Å². The van der Waals surface area contributed by atoms with E-state index < -0.39 is 0 Å². The van der Waals surface area contributed by atoms with Gasteiger partial charge in [0.15, 0.2) is 0 Å². The summed E-state index contributed by atoms with van der Waals surface area (Å²) in [6.07, 6.45) is 2.39. The van der Waals surface area contributed by atoms with Crippen LogP contribution >= 0.6 is 11.8 Å². The van der Waals surface area contributed by atoms with Crippen molar-refractivity contribution in [2.24, 2.45) is 5.92 Å². The molecule has 1 aromatic carbocycles. The molecule has 0 amide bonds. The molecule has 1 aliphatic rings. The van der Waals surface area contributed by atoms with Crippen LogP contribution in [0.2, 0.25) is 0 Å². The lowest BCUT2D eigenvalue weighted by Crippen LogP contribution is -2.39. The SMILES string of the molecule is CCCNC(CSc1ccc(C(C)C)cc1)C1CCOC1. The van der Waals surface area contributed by atoms with Crippen molar-refractivity contribution in [3.8, 4) is 0 Å². The van der Waals surface area contributed by atoms with Crippen molar-refractivity contribution in [2.45, 2.75) is 50.5 Å². The van der Waals surface area contributed by atoms with Crippen molar-refractivity contribution in [1.29, 1.82) is 0 Å². The predicted molar refractivity (Wildman–Crippen MR) is 92.3 cm³/mol. The van der Waals surface area contributed by atoms with Crippen LogP contribution in [0.25, 0.3) is 0 Å². The average molecular weight is 308 g/mol. The quantitative estimate of drug-likeness (QED) is 0.723. The van der Waals surface area contributed by atoms with Crippen LogP contribution in [0.5, 0.6) is 0 Å². The Balaban J connectivity index is 1.87. The van der Waals surface area contributed by atoms with Crippen molar-refractivity contribution >= 4 is 11.8 Å². The van der Waals surface area contributed by atoms with Gasteiger partial charge in [-0.2, -0.15) is 0 Å². The van der Waals surface area contributed by atoms with E-state index in [0.29, 0.717) is 17.9 Å². The standard InChI is InChI=1S/C18H29NOS/c1-4-10-19-18(16-9-11-20-12-16)13-21-17-7-5-15(6-8-17)14(2)3/h5-8,14,16,18-19H,4,9-13H2,1-3H3. The highest BCUT2D eigenvalue weighted by atomic mass is 32.2. The maximum atomic E-state index is 5.56. The molecule has 1 aliphatic heterocycles. The summed E-state index contributed by atoms with van der Waals surface area (Å²) in [6.45, 7) is 9.68. The third kappa shape index (κ3) is 5.32. The number of benzene rings is 1. The third-order valence-corrected chi connectivity index (χ3v) is 5.30. The number of hydrogen-bond acceptors (Lipinski definition) is 3. The minimum Gasteiger partial charge on any atom is -0.381 e. The van der Waals surface area contributed by atoms with E-state index in [9.17, 15) is 0 Å². The number of ether oxygens (including phenoxy) is 1. The third-order valence-electron chi connectivity index (χ3n) is 4.17. The summed E-state index contributed by atoms with van der Waals surface area (Å²) in [4.78, 5) is 1.38. The van der Waals surface area contributed by atoms with Crippen LogP contribution in [0.4, 0.5) is 0 Å². The fourth-order valence-corrected chi connectivity index (χ4v) is 3.79. The molecule has 0 aliphatic carbocycles. The molecular formula is C18H29NOS. The average Bonchev–Trinajstić information content (AvgIpc) is 3.02. The van der Waals surface area contributed by atoms with Crippen molar-refractivity contribution < 1.29 is 4.74 Å². The van der Waals surface area contributed by atoms with Crippen LogP contribution in [0.3, 0.4) is 0 Å². The van der Waals surface area contributed by atoms with Crippen molar-refractivity contribution in [1.82, 2.24) is 5.32 Å². The summed E-state index contributed by atoms with van der Waals surface area (Å²) in [7, 11) is 0. The van der Waals surface area contributed by atoms with Gasteiger partial charge in [0, 0.05) is 29.2 Å². The molecule has 0 aromatic heterocycles. The second-order valence-corrected chi connectivity index (χ2v) is 7.31. The van der Waals surface area contributed by atoms with Crippen molar-refractivity contribution in [3.63, 3.8) is 0 Å². The van der Waals surface area contributed by atoms with Gasteiger partial charge in [0.05, 0.1) is 6.61 Å². The van der Waals surface area contributed by atoms with Gasteiger partial charge < -0.3 is 10.1 Å². The van der Waals surface area contributed by atoms with Gasteiger partial charge in [-0.1, -0.05) is 32.9 Å². The summed E-state index contributed by atoms with van der Waals surface area (Å²) >= 11 is 1.97. The molecule has 3 heteroatoms. The van der Waals surface area contributed by atoms with Gasteiger partial charge in [-0.15, -0.1) is 11.8 Å². The Hall–Kier alpha value is -0.510. The Kier molecular flexibility index (Phi) is 7.08. The number of rotatable bonds is 8. The Bertz CT molecular complexity index is 398. The molecule has 0 saturated carbocycles. The Morgan fingerprint density at radius 3 is 2.62 bits per heavy atom. The Labute approximate surface area is 134 Å². The lowest BCUT2D eigenvalue weighted by molar-refractivity contribution is 0.179. The summed E-state index contributed by atoms with van der Waals surface area (Å²) < 4.78 is 5.56.